The van der Waals surface area contributed by atoms with E-state index in [9.17, 15) is 4.39 Å². The molecule has 1 aliphatic rings. The van der Waals surface area contributed by atoms with E-state index in [4.69, 9.17) is 17.3 Å². The number of halogens is 2. The minimum absolute atomic E-state index is 0.133. The lowest BCUT2D eigenvalue weighted by Gasteiger charge is -2.32. The van der Waals surface area contributed by atoms with Crippen molar-refractivity contribution in [3.05, 3.63) is 34.6 Å². The van der Waals surface area contributed by atoms with Crippen molar-refractivity contribution in [2.24, 2.45) is 17.6 Å². The lowest BCUT2D eigenvalue weighted by molar-refractivity contribution is 0.240. The first-order chi connectivity index (χ1) is 8.63. The molecule has 0 aromatic heterocycles. The number of benzene rings is 1. The summed E-state index contributed by atoms with van der Waals surface area (Å²) in [6, 6.07) is 4.79. The smallest absolute Gasteiger partial charge is 0.142 e. The van der Waals surface area contributed by atoms with Crippen LogP contribution >= 0.6 is 11.6 Å². The highest BCUT2D eigenvalue weighted by Gasteiger charge is 2.27. The Balaban J connectivity index is 2.08. The minimum atomic E-state index is -0.369. The summed E-state index contributed by atoms with van der Waals surface area (Å²) in [6.07, 6.45) is 5.99. The van der Waals surface area contributed by atoms with Crippen LogP contribution in [0.5, 0.6) is 0 Å². The Morgan fingerprint density at radius 3 is 2.61 bits per heavy atom. The molecule has 1 saturated carbocycles. The summed E-state index contributed by atoms with van der Waals surface area (Å²) in [5, 5.41) is 0.197. The lowest BCUT2D eigenvalue weighted by atomic mass is 9.76. The zero-order valence-electron chi connectivity index (χ0n) is 10.8. The van der Waals surface area contributed by atoms with E-state index in [1.807, 2.05) is 6.07 Å². The van der Waals surface area contributed by atoms with E-state index in [0.717, 1.165) is 24.3 Å². The number of nitrogens with two attached hydrogens (primary N) is 1. The monoisotopic (exact) mass is 269 g/mol. The maximum Gasteiger partial charge on any atom is 0.142 e. The Labute approximate surface area is 114 Å². The van der Waals surface area contributed by atoms with E-state index in [1.165, 1.54) is 25.3 Å². The Kier molecular flexibility index (Phi) is 4.63. The van der Waals surface area contributed by atoms with Gasteiger partial charge in [0.25, 0.3) is 0 Å². The largest absolute Gasteiger partial charge is 0.324 e. The van der Waals surface area contributed by atoms with Crippen molar-refractivity contribution in [3.8, 4) is 0 Å². The van der Waals surface area contributed by atoms with E-state index >= 15 is 0 Å². The molecule has 0 amide bonds. The first kappa shape index (κ1) is 13.8. The molecule has 1 nitrogen and oxygen atoms in total. The molecular weight excluding hydrogens is 249 g/mol. The lowest BCUT2D eigenvalue weighted by Crippen LogP contribution is -2.26. The second-order valence-electron chi connectivity index (χ2n) is 5.36. The molecule has 3 heteroatoms. The fraction of sp³-hybridized carbons (Fsp3) is 0.600. The van der Waals surface area contributed by atoms with E-state index in [0.29, 0.717) is 5.92 Å². The van der Waals surface area contributed by atoms with Gasteiger partial charge in [-0.2, -0.15) is 0 Å². The molecule has 1 aromatic rings. The van der Waals surface area contributed by atoms with Crippen molar-refractivity contribution in [1.29, 1.82) is 0 Å². The maximum atomic E-state index is 13.4. The van der Waals surface area contributed by atoms with Crippen molar-refractivity contribution < 1.29 is 4.39 Å². The van der Waals surface area contributed by atoms with Crippen molar-refractivity contribution in [2.75, 3.05) is 0 Å². The van der Waals surface area contributed by atoms with Gasteiger partial charge in [0.2, 0.25) is 0 Å². The Bertz CT molecular complexity index is 399. The predicted octanol–water partition coefficient (Wildman–Crippen LogP) is 4.70. The second-order valence-corrected chi connectivity index (χ2v) is 5.74. The molecule has 1 unspecified atom stereocenters. The Morgan fingerprint density at radius 2 is 2.00 bits per heavy atom. The quantitative estimate of drug-likeness (QED) is 0.846. The minimum Gasteiger partial charge on any atom is -0.324 e. The molecule has 0 heterocycles. The topological polar surface area (TPSA) is 26.0 Å². The SMILES string of the molecule is CCC1CCC(C(N)c2cccc(F)c2Cl)CC1. The van der Waals surface area contributed by atoms with E-state index in [1.54, 1.807) is 6.07 Å². The summed E-state index contributed by atoms with van der Waals surface area (Å²) in [5.41, 5.74) is 7.04. The summed E-state index contributed by atoms with van der Waals surface area (Å²) < 4.78 is 13.4. The van der Waals surface area contributed by atoms with Gasteiger partial charge in [-0.1, -0.05) is 49.9 Å². The van der Waals surface area contributed by atoms with Gasteiger partial charge in [-0.05, 0) is 36.3 Å². The molecule has 0 spiro atoms. The van der Waals surface area contributed by atoms with Gasteiger partial charge in [-0.15, -0.1) is 0 Å². The highest BCUT2D eigenvalue weighted by Crippen LogP contribution is 2.38. The van der Waals surface area contributed by atoms with Gasteiger partial charge in [0.15, 0.2) is 0 Å². The van der Waals surface area contributed by atoms with Crippen LogP contribution in [0.15, 0.2) is 18.2 Å². The Hall–Kier alpha value is -0.600. The zero-order chi connectivity index (χ0) is 13.1. The van der Waals surface area contributed by atoms with Crippen LogP contribution in [0.2, 0.25) is 5.02 Å². The molecule has 1 aliphatic carbocycles. The molecule has 0 aliphatic heterocycles. The van der Waals surface area contributed by atoms with Crippen LogP contribution in [-0.2, 0) is 0 Å². The molecule has 1 aromatic carbocycles. The molecular formula is C15H21ClFN. The van der Waals surface area contributed by atoms with Crippen LogP contribution in [0.1, 0.15) is 50.6 Å². The van der Waals surface area contributed by atoms with Crippen LogP contribution in [-0.4, -0.2) is 0 Å². The summed E-state index contributed by atoms with van der Waals surface area (Å²) in [6.45, 7) is 2.24. The van der Waals surface area contributed by atoms with Gasteiger partial charge < -0.3 is 5.73 Å². The second kappa shape index (κ2) is 6.03. The third-order valence-electron chi connectivity index (χ3n) is 4.32. The van der Waals surface area contributed by atoms with E-state index in [-0.39, 0.29) is 16.9 Å². The van der Waals surface area contributed by atoms with Gasteiger partial charge in [-0.3, -0.25) is 0 Å². The number of rotatable bonds is 3. The number of hydrogen-bond acceptors (Lipinski definition) is 1. The maximum absolute atomic E-state index is 13.4. The summed E-state index contributed by atoms with van der Waals surface area (Å²) in [4.78, 5) is 0. The first-order valence-electron chi connectivity index (χ1n) is 6.83. The average molecular weight is 270 g/mol. The van der Waals surface area contributed by atoms with Gasteiger partial charge in [0, 0.05) is 6.04 Å². The van der Waals surface area contributed by atoms with Crippen LogP contribution < -0.4 is 5.73 Å². The van der Waals surface area contributed by atoms with Gasteiger partial charge >= 0.3 is 0 Å². The summed E-state index contributed by atoms with van der Waals surface area (Å²) >= 11 is 6.01. The fourth-order valence-corrected chi connectivity index (χ4v) is 3.24. The predicted molar refractivity (Wildman–Crippen MR) is 74.1 cm³/mol. The van der Waals surface area contributed by atoms with Gasteiger partial charge in [0.05, 0.1) is 5.02 Å². The van der Waals surface area contributed by atoms with Crippen LogP contribution in [0, 0.1) is 17.7 Å². The molecule has 2 rings (SSSR count). The number of hydrogen-bond donors (Lipinski definition) is 1. The molecule has 0 bridgehead atoms. The first-order valence-corrected chi connectivity index (χ1v) is 7.20. The van der Waals surface area contributed by atoms with Crippen molar-refractivity contribution in [1.82, 2.24) is 0 Å². The van der Waals surface area contributed by atoms with E-state index in [2.05, 4.69) is 6.92 Å². The molecule has 0 saturated heterocycles. The van der Waals surface area contributed by atoms with Gasteiger partial charge in [-0.25, -0.2) is 4.39 Å². The van der Waals surface area contributed by atoms with Crippen molar-refractivity contribution >= 4 is 11.6 Å². The van der Waals surface area contributed by atoms with Crippen LogP contribution in [0.25, 0.3) is 0 Å². The highest BCUT2D eigenvalue weighted by molar-refractivity contribution is 6.31. The van der Waals surface area contributed by atoms with Gasteiger partial charge in [0.1, 0.15) is 5.82 Å². The highest BCUT2D eigenvalue weighted by atomic mass is 35.5. The average Bonchev–Trinajstić information content (AvgIpc) is 2.41. The van der Waals surface area contributed by atoms with Crippen LogP contribution in [0.4, 0.5) is 4.39 Å². The fourth-order valence-electron chi connectivity index (χ4n) is 2.99. The molecule has 1 atom stereocenters. The van der Waals surface area contributed by atoms with Crippen LogP contribution in [0.3, 0.4) is 0 Å². The van der Waals surface area contributed by atoms with Crippen molar-refractivity contribution in [3.63, 3.8) is 0 Å². The van der Waals surface area contributed by atoms with E-state index < -0.39 is 0 Å². The Morgan fingerprint density at radius 1 is 1.33 bits per heavy atom. The third kappa shape index (κ3) is 2.86. The third-order valence-corrected chi connectivity index (χ3v) is 4.72. The zero-order valence-corrected chi connectivity index (χ0v) is 11.6. The van der Waals surface area contributed by atoms with Crippen molar-refractivity contribution in [2.45, 2.75) is 45.1 Å². The summed E-state index contributed by atoms with van der Waals surface area (Å²) in [7, 11) is 0. The standard InChI is InChI=1S/C15H21ClFN/c1-2-10-6-8-11(9-7-10)15(18)12-4-3-5-13(17)14(12)16/h3-5,10-11,15H,2,6-9,18H2,1H3. The summed E-state index contributed by atoms with van der Waals surface area (Å²) in [5.74, 6) is 0.912. The molecule has 100 valence electrons. The normalized spacial score (nSPS) is 26.0. The molecule has 18 heavy (non-hydrogen) atoms. The molecule has 0 radical (unpaired) electrons. The molecule has 2 N–H and O–H groups in total. The molecule has 1 fully saturated rings.